The van der Waals surface area contributed by atoms with E-state index in [9.17, 15) is 9.50 Å². The van der Waals surface area contributed by atoms with E-state index < -0.39 is 5.60 Å². The van der Waals surface area contributed by atoms with Gasteiger partial charge >= 0.3 is 0 Å². The Balaban J connectivity index is 1.88. The number of hydrogen-bond acceptors (Lipinski definition) is 2. The highest BCUT2D eigenvalue weighted by atomic mass is 19.1. The van der Waals surface area contributed by atoms with Gasteiger partial charge in [0.2, 0.25) is 0 Å². The zero-order valence-corrected chi connectivity index (χ0v) is 14.6. The Labute approximate surface area is 138 Å². The molecule has 0 bridgehead atoms. The van der Waals surface area contributed by atoms with Crippen LogP contribution in [0.1, 0.15) is 55.4 Å². The first-order valence-electron chi connectivity index (χ1n) is 9.09. The van der Waals surface area contributed by atoms with Crippen LogP contribution >= 0.6 is 0 Å². The molecule has 23 heavy (non-hydrogen) atoms. The molecule has 1 aromatic carbocycles. The van der Waals surface area contributed by atoms with E-state index in [4.69, 9.17) is 0 Å². The molecule has 1 saturated heterocycles. The Bertz CT molecular complexity index is 646. The van der Waals surface area contributed by atoms with Crippen molar-refractivity contribution in [3.05, 3.63) is 34.1 Å². The zero-order chi connectivity index (χ0) is 16.4. The van der Waals surface area contributed by atoms with Gasteiger partial charge in [0.05, 0.1) is 5.60 Å². The van der Waals surface area contributed by atoms with Crippen molar-refractivity contribution < 1.29 is 9.50 Å². The van der Waals surface area contributed by atoms with E-state index in [1.165, 1.54) is 5.56 Å². The Morgan fingerprint density at radius 1 is 1.17 bits per heavy atom. The van der Waals surface area contributed by atoms with Gasteiger partial charge in [-0.2, -0.15) is 0 Å². The fourth-order valence-corrected chi connectivity index (χ4v) is 5.48. The molecule has 1 heterocycles. The number of piperidine rings is 1. The van der Waals surface area contributed by atoms with Gasteiger partial charge in [0.1, 0.15) is 5.82 Å². The largest absolute Gasteiger partial charge is 0.384 e. The molecule has 0 aromatic heterocycles. The minimum absolute atomic E-state index is 0.0856. The number of aryl methyl sites for hydroxylation is 1. The number of fused-ring (bicyclic) bond motifs is 3. The van der Waals surface area contributed by atoms with Crippen molar-refractivity contribution in [2.45, 2.75) is 58.0 Å². The fraction of sp³-hybridized carbons (Fsp3) is 0.700. The third-order valence-electron chi connectivity index (χ3n) is 6.79. The topological polar surface area (TPSA) is 23.5 Å². The number of aliphatic hydroxyl groups is 1. The second kappa shape index (κ2) is 5.03. The fourth-order valence-electron chi connectivity index (χ4n) is 5.48. The molecular weight excluding hydrogens is 289 g/mol. The monoisotopic (exact) mass is 317 g/mol. The number of halogens is 1. The van der Waals surface area contributed by atoms with Crippen LogP contribution in [0, 0.1) is 17.2 Å². The van der Waals surface area contributed by atoms with Crippen LogP contribution < -0.4 is 0 Å². The lowest BCUT2D eigenvalue weighted by molar-refractivity contribution is -0.122. The molecule has 3 heteroatoms. The lowest BCUT2D eigenvalue weighted by atomic mass is 9.64. The summed E-state index contributed by atoms with van der Waals surface area (Å²) in [5.74, 6) is 0.152. The summed E-state index contributed by atoms with van der Waals surface area (Å²) in [6, 6.07) is 1.75. The average Bonchev–Trinajstić information content (AvgIpc) is 3.02. The van der Waals surface area contributed by atoms with Gasteiger partial charge < -0.3 is 10.0 Å². The first-order chi connectivity index (χ1) is 10.8. The Morgan fingerprint density at radius 3 is 2.57 bits per heavy atom. The lowest BCUT2D eigenvalue weighted by Crippen LogP contribution is -2.49. The maximum Gasteiger partial charge on any atom is 0.127 e. The molecule has 1 aliphatic heterocycles. The molecule has 0 amide bonds. The summed E-state index contributed by atoms with van der Waals surface area (Å²) < 4.78 is 14.7. The van der Waals surface area contributed by atoms with Crippen molar-refractivity contribution in [3.8, 4) is 0 Å². The standard InChI is InChI=1S/C20H28FNO/c1-19(2)12-16-17(21)11-13-5-4-6-15(13)18(16)20(19,23)14-7-9-22(3)10-8-14/h11,14,23H,4-10,12H2,1-3H3. The molecule has 2 nitrogen and oxygen atoms in total. The number of benzene rings is 1. The van der Waals surface area contributed by atoms with Gasteiger partial charge in [-0.05, 0) is 92.9 Å². The zero-order valence-electron chi connectivity index (χ0n) is 14.6. The van der Waals surface area contributed by atoms with E-state index in [0.29, 0.717) is 6.42 Å². The van der Waals surface area contributed by atoms with Crippen LogP contribution in [-0.4, -0.2) is 30.1 Å². The molecule has 1 unspecified atom stereocenters. The van der Waals surface area contributed by atoms with Crippen LogP contribution in [0.25, 0.3) is 0 Å². The van der Waals surface area contributed by atoms with Gasteiger partial charge in [-0.25, -0.2) is 4.39 Å². The van der Waals surface area contributed by atoms with Crippen molar-refractivity contribution in [2.75, 3.05) is 20.1 Å². The van der Waals surface area contributed by atoms with E-state index in [2.05, 4.69) is 25.8 Å². The quantitative estimate of drug-likeness (QED) is 0.858. The first kappa shape index (κ1) is 15.6. The first-order valence-corrected chi connectivity index (χ1v) is 9.09. The highest BCUT2D eigenvalue weighted by Crippen LogP contribution is 2.58. The van der Waals surface area contributed by atoms with Gasteiger partial charge in [-0.1, -0.05) is 13.8 Å². The van der Waals surface area contributed by atoms with E-state index in [1.807, 2.05) is 0 Å². The Hall–Kier alpha value is -0.930. The summed E-state index contributed by atoms with van der Waals surface area (Å²) >= 11 is 0. The van der Waals surface area contributed by atoms with Gasteiger partial charge in [0, 0.05) is 5.41 Å². The van der Waals surface area contributed by atoms with E-state index in [0.717, 1.165) is 61.9 Å². The molecule has 0 spiro atoms. The van der Waals surface area contributed by atoms with Crippen LogP contribution in [0.15, 0.2) is 6.07 Å². The third-order valence-corrected chi connectivity index (χ3v) is 6.79. The third kappa shape index (κ3) is 2.05. The van der Waals surface area contributed by atoms with Crippen LogP contribution in [0.2, 0.25) is 0 Å². The predicted molar refractivity (Wildman–Crippen MR) is 90.0 cm³/mol. The van der Waals surface area contributed by atoms with Crippen LogP contribution in [0.5, 0.6) is 0 Å². The molecule has 1 atom stereocenters. The van der Waals surface area contributed by atoms with Crippen molar-refractivity contribution >= 4 is 0 Å². The van der Waals surface area contributed by atoms with Crippen molar-refractivity contribution in [1.29, 1.82) is 0 Å². The van der Waals surface area contributed by atoms with E-state index in [1.54, 1.807) is 6.07 Å². The smallest absolute Gasteiger partial charge is 0.127 e. The molecule has 3 aliphatic rings. The van der Waals surface area contributed by atoms with Gasteiger partial charge in [-0.3, -0.25) is 0 Å². The number of likely N-dealkylation sites (tertiary alicyclic amines) is 1. The van der Waals surface area contributed by atoms with Gasteiger partial charge in [-0.15, -0.1) is 0 Å². The molecule has 1 aromatic rings. The minimum Gasteiger partial charge on any atom is -0.384 e. The molecule has 0 saturated carbocycles. The molecule has 1 N–H and O–H groups in total. The second-order valence-electron chi connectivity index (χ2n) is 8.61. The molecule has 0 radical (unpaired) electrons. The summed E-state index contributed by atoms with van der Waals surface area (Å²) in [6.07, 6.45) is 5.72. The predicted octanol–water partition coefficient (Wildman–Crippen LogP) is 3.43. The summed E-state index contributed by atoms with van der Waals surface area (Å²) in [4.78, 5) is 2.33. The molecule has 4 rings (SSSR count). The Morgan fingerprint density at radius 2 is 1.87 bits per heavy atom. The molecule has 1 fully saturated rings. The number of hydrogen-bond donors (Lipinski definition) is 1. The van der Waals surface area contributed by atoms with Crippen LogP contribution in [0.3, 0.4) is 0 Å². The number of rotatable bonds is 1. The maximum atomic E-state index is 14.7. The van der Waals surface area contributed by atoms with Crippen molar-refractivity contribution in [2.24, 2.45) is 11.3 Å². The summed E-state index contributed by atoms with van der Waals surface area (Å²) in [6.45, 7) is 6.31. The molecular formula is C20H28FNO. The molecule has 126 valence electrons. The van der Waals surface area contributed by atoms with Crippen LogP contribution in [0.4, 0.5) is 4.39 Å². The SMILES string of the molecule is CN1CCC(C2(O)c3c(c(F)cc4c3CCC4)CC2(C)C)CC1. The van der Waals surface area contributed by atoms with Crippen molar-refractivity contribution in [3.63, 3.8) is 0 Å². The number of nitrogens with zero attached hydrogens (tertiary/aromatic N) is 1. The van der Waals surface area contributed by atoms with Gasteiger partial charge in [0.25, 0.3) is 0 Å². The van der Waals surface area contributed by atoms with Crippen molar-refractivity contribution in [1.82, 2.24) is 4.90 Å². The maximum absolute atomic E-state index is 14.7. The Kier molecular flexibility index (Phi) is 3.41. The minimum atomic E-state index is -0.875. The second-order valence-corrected chi connectivity index (χ2v) is 8.61. The normalized spacial score (nSPS) is 30.5. The van der Waals surface area contributed by atoms with Crippen LogP contribution in [-0.2, 0) is 24.9 Å². The summed E-state index contributed by atoms with van der Waals surface area (Å²) in [5, 5.41) is 12.0. The lowest BCUT2D eigenvalue weighted by Gasteiger charge is -2.47. The summed E-state index contributed by atoms with van der Waals surface area (Å²) in [7, 11) is 2.14. The summed E-state index contributed by atoms with van der Waals surface area (Å²) in [5.41, 5.74) is 3.04. The average molecular weight is 317 g/mol. The highest BCUT2D eigenvalue weighted by molar-refractivity contribution is 5.52. The van der Waals surface area contributed by atoms with Gasteiger partial charge in [0.15, 0.2) is 0 Å². The highest BCUT2D eigenvalue weighted by Gasteiger charge is 2.57. The molecule has 2 aliphatic carbocycles. The van der Waals surface area contributed by atoms with E-state index >= 15 is 0 Å². The van der Waals surface area contributed by atoms with E-state index in [-0.39, 0.29) is 17.2 Å².